The fourth-order valence-electron chi connectivity index (χ4n) is 3.49. The fourth-order valence-corrected chi connectivity index (χ4v) is 5.36. The molecule has 10 heteroatoms. The van der Waals surface area contributed by atoms with E-state index < -0.39 is 20.9 Å². The summed E-state index contributed by atoms with van der Waals surface area (Å²) in [6.07, 6.45) is 3.60. The third-order valence-electron chi connectivity index (χ3n) is 4.88. The molecule has 0 amide bonds. The quantitative estimate of drug-likeness (QED) is 0.569. The topological polar surface area (TPSA) is 115 Å². The first-order valence-electron chi connectivity index (χ1n) is 9.09. The third-order valence-corrected chi connectivity index (χ3v) is 7.04. The van der Waals surface area contributed by atoms with Gasteiger partial charge in [-0.15, -0.1) is 0 Å². The lowest BCUT2D eigenvalue weighted by atomic mass is 10.2. The van der Waals surface area contributed by atoms with Crippen LogP contribution >= 0.6 is 0 Å². The van der Waals surface area contributed by atoms with E-state index in [0.717, 1.165) is 36.4 Å². The zero-order chi connectivity index (χ0) is 20.5. The van der Waals surface area contributed by atoms with Crippen LogP contribution in [0, 0.1) is 24.0 Å². The summed E-state index contributed by atoms with van der Waals surface area (Å²) in [6.45, 7) is 3.98. The SMILES string of the molecule is Cc1nn(C(=O)c2cccc([N+](=O)[O-])c2)c(C)c1S(=O)(=O)N1CCCCCC1. The normalized spacial score (nSPS) is 15.9. The number of nitro benzene ring substituents is 1. The van der Waals surface area contributed by atoms with Crippen LogP contribution in [0.25, 0.3) is 0 Å². The summed E-state index contributed by atoms with van der Waals surface area (Å²) in [5.41, 5.74) is 0.294. The van der Waals surface area contributed by atoms with Gasteiger partial charge in [-0.1, -0.05) is 18.9 Å². The van der Waals surface area contributed by atoms with E-state index in [4.69, 9.17) is 0 Å². The smallest absolute Gasteiger partial charge is 0.267 e. The van der Waals surface area contributed by atoms with E-state index >= 15 is 0 Å². The van der Waals surface area contributed by atoms with Crippen molar-refractivity contribution in [1.82, 2.24) is 14.1 Å². The van der Waals surface area contributed by atoms with Crippen LogP contribution in [0.5, 0.6) is 0 Å². The van der Waals surface area contributed by atoms with Crippen LogP contribution in [-0.4, -0.2) is 46.4 Å². The summed E-state index contributed by atoms with van der Waals surface area (Å²) < 4.78 is 28.8. The molecular formula is C18H22N4O5S. The van der Waals surface area contributed by atoms with Gasteiger partial charge in [-0.2, -0.15) is 14.1 Å². The maximum Gasteiger partial charge on any atom is 0.278 e. The van der Waals surface area contributed by atoms with E-state index in [1.807, 2.05) is 0 Å². The van der Waals surface area contributed by atoms with Crippen molar-refractivity contribution < 1.29 is 18.1 Å². The molecule has 0 spiro atoms. The molecule has 0 aliphatic carbocycles. The number of nitrogens with zero attached hydrogens (tertiary/aromatic N) is 4. The highest BCUT2D eigenvalue weighted by Crippen LogP contribution is 2.26. The molecule has 3 rings (SSSR count). The minimum Gasteiger partial charge on any atom is -0.267 e. The second-order valence-electron chi connectivity index (χ2n) is 6.84. The minimum atomic E-state index is -3.77. The molecule has 1 aliphatic heterocycles. The lowest BCUT2D eigenvalue weighted by molar-refractivity contribution is -0.384. The average Bonchev–Trinajstić information content (AvgIpc) is 2.83. The largest absolute Gasteiger partial charge is 0.278 e. The molecule has 0 saturated carbocycles. The molecular weight excluding hydrogens is 384 g/mol. The lowest BCUT2D eigenvalue weighted by Gasteiger charge is -2.20. The monoisotopic (exact) mass is 406 g/mol. The van der Waals surface area contributed by atoms with Gasteiger partial charge in [0.2, 0.25) is 10.0 Å². The van der Waals surface area contributed by atoms with Gasteiger partial charge in [-0.3, -0.25) is 14.9 Å². The zero-order valence-corrected chi connectivity index (χ0v) is 16.6. The van der Waals surface area contributed by atoms with Gasteiger partial charge in [0, 0.05) is 30.8 Å². The Kier molecular flexibility index (Phi) is 5.61. The van der Waals surface area contributed by atoms with Crippen molar-refractivity contribution in [2.75, 3.05) is 13.1 Å². The Hall–Kier alpha value is -2.59. The Morgan fingerprint density at radius 2 is 1.79 bits per heavy atom. The Labute approximate surface area is 163 Å². The summed E-state index contributed by atoms with van der Waals surface area (Å²) in [4.78, 5) is 23.2. The van der Waals surface area contributed by atoms with Gasteiger partial charge in [0.1, 0.15) is 4.90 Å². The molecule has 1 fully saturated rings. The second kappa shape index (κ2) is 7.80. The molecule has 150 valence electrons. The van der Waals surface area contributed by atoms with Crippen molar-refractivity contribution in [1.29, 1.82) is 0 Å². The highest BCUT2D eigenvalue weighted by molar-refractivity contribution is 7.89. The zero-order valence-electron chi connectivity index (χ0n) is 15.8. The molecule has 0 atom stereocenters. The van der Waals surface area contributed by atoms with Gasteiger partial charge in [-0.05, 0) is 32.8 Å². The van der Waals surface area contributed by atoms with Gasteiger partial charge in [0.05, 0.1) is 16.3 Å². The van der Waals surface area contributed by atoms with Crippen LogP contribution in [0.2, 0.25) is 0 Å². The molecule has 0 unspecified atom stereocenters. The van der Waals surface area contributed by atoms with E-state index in [0.29, 0.717) is 13.1 Å². The van der Waals surface area contributed by atoms with Gasteiger partial charge < -0.3 is 0 Å². The van der Waals surface area contributed by atoms with Crippen molar-refractivity contribution >= 4 is 21.6 Å². The maximum absolute atomic E-state index is 13.2. The first-order valence-corrected chi connectivity index (χ1v) is 10.5. The number of rotatable bonds is 4. The molecule has 1 aromatic heterocycles. The van der Waals surface area contributed by atoms with Crippen molar-refractivity contribution in [3.8, 4) is 0 Å². The predicted molar refractivity (Wildman–Crippen MR) is 102 cm³/mol. The highest BCUT2D eigenvalue weighted by Gasteiger charge is 2.32. The van der Waals surface area contributed by atoms with Crippen molar-refractivity contribution in [2.45, 2.75) is 44.4 Å². The number of benzene rings is 1. The third kappa shape index (κ3) is 3.69. The number of hydrogen-bond acceptors (Lipinski definition) is 6. The van der Waals surface area contributed by atoms with E-state index in [1.165, 1.54) is 29.4 Å². The van der Waals surface area contributed by atoms with Gasteiger partial charge >= 0.3 is 0 Å². The average molecular weight is 406 g/mol. The lowest BCUT2D eigenvalue weighted by Crippen LogP contribution is -2.32. The van der Waals surface area contributed by atoms with Gasteiger partial charge in [0.25, 0.3) is 11.6 Å². The predicted octanol–water partition coefficient (Wildman–Crippen LogP) is 2.66. The molecule has 0 radical (unpaired) electrons. The molecule has 1 aromatic carbocycles. The number of carbonyl (C=O) groups is 1. The van der Waals surface area contributed by atoms with Crippen LogP contribution < -0.4 is 0 Å². The first-order chi connectivity index (χ1) is 13.2. The second-order valence-corrected chi connectivity index (χ2v) is 8.72. The molecule has 0 bridgehead atoms. The van der Waals surface area contributed by atoms with E-state index in [2.05, 4.69) is 5.10 Å². The summed E-state index contributed by atoms with van der Waals surface area (Å²) in [5.74, 6) is -0.610. The molecule has 1 aliphatic rings. The number of nitro groups is 1. The standard InChI is InChI=1S/C18H22N4O5S/c1-13-17(28(26,27)20-10-5-3-4-6-11-20)14(2)21(19-13)18(23)15-8-7-9-16(12-15)22(24)25/h7-9,12H,3-6,10-11H2,1-2H3. The molecule has 1 saturated heterocycles. The van der Waals surface area contributed by atoms with Gasteiger partial charge in [0.15, 0.2) is 0 Å². The van der Waals surface area contributed by atoms with E-state index in [9.17, 15) is 23.3 Å². The van der Waals surface area contributed by atoms with Crippen LogP contribution in [0.1, 0.15) is 47.4 Å². The van der Waals surface area contributed by atoms with Crippen LogP contribution in [-0.2, 0) is 10.0 Å². The van der Waals surface area contributed by atoms with Gasteiger partial charge in [-0.25, -0.2) is 8.42 Å². The number of carbonyl (C=O) groups excluding carboxylic acids is 1. The fraction of sp³-hybridized carbons (Fsp3) is 0.444. The summed E-state index contributed by atoms with van der Waals surface area (Å²) in [5, 5.41) is 15.1. The number of sulfonamides is 1. The van der Waals surface area contributed by atoms with Crippen molar-refractivity contribution in [3.05, 3.63) is 51.3 Å². The molecule has 9 nitrogen and oxygen atoms in total. The Morgan fingerprint density at radius 1 is 1.14 bits per heavy atom. The molecule has 0 N–H and O–H groups in total. The molecule has 2 heterocycles. The van der Waals surface area contributed by atoms with Crippen LogP contribution in [0.3, 0.4) is 0 Å². The molecule has 28 heavy (non-hydrogen) atoms. The Bertz CT molecular complexity index is 1020. The minimum absolute atomic E-state index is 0.0354. The van der Waals surface area contributed by atoms with E-state index in [-0.39, 0.29) is 27.5 Å². The van der Waals surface area contributed by atoms with Crippen LogP contribution in [0.15, 0.2) is 29.2 Å². The highest BCUT2D eigenvalue weighted by atomic mass is 32.2. The summed E-state index contributed by atoms with van der Waals surface area (Å²) in [7, 11) is -3.77. The van der Waals surface area contributed by atoms with E-state index in [1.54, 1.807) is 6.92 Å². The number of non-ortho nitro benzene ring substituents is 1. The Morgan fingerprint density at radius 3 is 2.39 bits per heavy atom. The molecule has 2 aromatic rings. The first kappa shape index (κ1) is 20.2. The number of hydrogen-bond donors (Lipinski definition) is 0. The summed E-state index contributed by atoms with van der Waals surface area (Å²) >= 11 is 0. The number of aromatic nitrogens is 2. The summed E-state index contributed by atoms with van der Waals surface area (Å²) in [6, 6.07) is 5.29. The number of aryl methyl sites for hydroxylation is 1. The maximum atomic E-state index is 13.2. The Balaban J connectivity index is 2.01. The van der Waals surface area contributed by atoms with Crippen molar-refractivity contribution in [2.24, 2.45) is 0 Å². The van der Waals surface area contributed by atoms with Crippen molar-refractivity contribution in [3.63, 3.8) is 0 Å². The van der Waals surface area contributed by atoms with Crippen LogP contribution in [0.4, 0.5) is 5.69 Å².